The summed E-state index contributed by atoms with van der Waals surface area (Å²) in [5.74, 6) is -3.45. The second-order valence-corrected chi connectivity index (χ2v) is 10.1. The molecule has 3 N–H and O–H groups in total. The maximum atomic E-state index is 13.7. The number of nitrogens with zero attached hydrogens (tertiary/aromatic N) is 1. The molecule has 2 rings (SSSR count). The molecule has 39 heavy (non-hydrogen) atoms. The van der Waals surface area contributed by atoms with Gasteiger partial charge in [-0.15, -0.1) is 0 Å². The number of hydrogen-bond donors (Lipinski definition) is 3. The number of aromatic nitrogens is 1. The number of benzene rings is 1. The Balaban J connectivity index is 2.16. The summed E-state index contributed by atoms with van der Waals surface area (Å²) in [6.07, 6.45) is -1.71. The molecular weight excluding hydrogens is 524 g/mol. The first-order chi connectivity index (χ1) is 17.9. The predicted octanol–water partition coefficient (Wildman–Crippen LogP) is 4.39. The van der Waals surface area contributed by atoms with E-state index in [-0.39, 0.29) is 17.8 Å². The Bertz CT molecular complexity index is 1270. The minimum Gasteiger partial charge on any atom is -0.444 e. The molecular formula is C26H28F4N4O5. The Hall–Kier alpha value is -4.34. The van der Waals surface area contributed by atoms with Gasteiger partial charge in [0.1, 0.15) is 22.8 Å². The summed E-state index contributed by atoms with van der Waals surface area (Å²) < 4.78 is 64.3. The van der Waals surface area contributed by atoms with E-state index in [4.69, 9.17) is 9.47 Å². The van der Waals surface area contributed by atoms with Gasteiger partial charge in [-0.25, -0.2) is 18.4 Å². The molecule has 0 aliphatic heterocycles. The highest BCUT2D eigenvalue weighted by molar-refractivity contribution is 5.97. The summed E-state index contributed by atoms with van der Waals surface area (Å²) in [6.45, 7) is 9.54. The van der Waals surface area contributed by atoms with Gasteiger partial charge in [0.15, 0.2) is 11.6 Å². The Morgan fingerprint density at radius 3 is 1.87 bits per heavy atom. The fourth-order valence-electron chi connectivity index (χ4n) is 2.76. The molecule has 1 atom stereocenters. The number of pyridine rings is 1. The zero-order valence-corrected chi connectivity index (χ0v) is 22.1. The summed E-state index contributed by atoms with van der Waals surface area (Å²) >= 11 is 0. The van der Waals surface area contributed by atoms with Crippen molar-refractivity contribution >= 4 is 23.8 Å². The molecule has 2 aromatic rings. The molecule has 0 aliphatic rings. The normalized spacial score (nSPS) is 11.9. The van der Waals surface area contributed by atoms with Gasteiger partial charge in [-0.3, -0.25) is 4.79 Å². The number of anilines is 1. The SMILES string of the molecule is CC(C)(C)OC(=O)NCC(NC(=O)OC(C)(C)C)C(=O)Nc1ccc(C#Cc2c(F)c(F)nc(F)c2F)cc1. The lowest BCUT2D eigenvalue weighted by Gasteiger charge is -2.24. The Kier molecular flexibility index (Phi) is 9.87. The van der Waals surface area contributed by atoms with Crippen LogP contribution in [0.1, 0.15) is 52.7 Å². The lowest BCUT2D eigenvalue weighted by atomic mass is 10.1. The van der Waals surface area contributed by atoms with E-state index < -0.39 is 64.4 Å². The molecule has 3 amide bonds. The highest BCUT2D eigenvalue weighted by Crippen LogP contribution is 2.16. The molecule has 1 aromatic heterocycles. The van der Waals surface area contributed by atoms with Crippen molar-refractivity contribution in [2.75, 3.05) is 11.9 Å². The maximum Gasteiger partial charge on any atom is 0.408 e. The maximum absolute atomic E-state index is 13.7. The number of hydrogen-bond acceptors (Lipinski definition) is 6. The van der Waals surface area contributed by atoms with E-state index in [0.29, 0.717) is 0 Å². The molecule has 0 aliphatic carbocycles. The molecule has 1 heterocycles. The fraction of sp³-hybridized carbons (Fsp3) is 0.385. The quantitative estimate of drug-likeness (QED) is 0.288. The van der Waals surface area contributed by atoms with Crippen molar-refractivity contribution in [2.45, 2.75) is 58.8 Å². The van der Waals surface area contributed by atoms with E-state index in [1.807, 2.05) is 5.92 Å². The third-order valence-electron chi connectivity index (χ3n) is 4.34. The van der Waals surface area contributed by atoms with E-state index in [0.717, 1.165) is 0 Å². The number of alkyl carbamates (subject to hydrolysis) is 2. The minimum absolute atomic E-state index is 0.194. The van der Waals surface area contributed by atoms with Gasteiger partial charge in [-0.05, 0) is 65.8 Å². The van der Waals surface area contributed by atoms with Gasteiger partial charge in [-0.1, -0.05) is 11.8 Å². The van der Waals surface area contributed by atoms with Gasteiger partial charge >= 0.3 is 12.2 Å². The minimum atomic E-state index is -1.83. The molecule has 9 nitrogen and oxygen atoms in total. The molecule has 210 valence electrons. The lowest BCUT2D eigenvalue weighted by Crippen LogP contribution is -2.52. The molecule has 0 fully saturated rings. The summed E-state index contributed by atoms with van der Waals surface area (Å²) in [4.78, 5) is 39.6. The molecule has 0 radical (unpaired) electrons. The van der Waals surface area contributed by atoms with Crippen molar-refractivity contribution in [2.24, 2.45) is 0 Å². The number of ether oxygens (including phenoxy) is 2. The average molecular weight is 553 g/mol. The van der Waals surface area contributed by atoms with Crippen LogP contribution in [0.4, 0.5) is 32.8 Å². The zero-order chi connectivity index (χ0) is 29.5. The van der Waals surface area contributed by atoms with E-state index in [2.05, 4.69) is 26.9 Å². The number of amides is 3. The molecule has 0 bridgehead atoms. The number of nitrogens with one attached hydrogen (secondary N) is 3. The summed E-state index contributed by atoms with van der Waals surface area (Å²) in [5, 5.41) is 7.32. The van der Waals surface area contributed by atoms with Crippen LogP contribution in [0.15, 0.2) is 24.3 Å². The van der Waals surface area contributed by atoms with Crippen LogP contribution in [0.25, 0.3) is 0 Å². The van der Waals surface area contributed by atoms with Crippen LogP contribution in [0.5, 0.6) is 0 Å². The van der Waals surface area contributed by atoms with Crippen LogP contribution in [0.2, 0.25) is 0 Å². The molecule has 0 saturated heterocycles. The smallest absolute Gasteiger partial charge is 0.408 e. The highest BCUT2D eigenvalue weighted by atomic mass is 19.2. The number of carbonyl (C=O) groups excluding carboxylic acids is 3. The molecule has 1 aromatic carbocycles. The van der Waals surface area contributed by atoms with E-state index in [1.54, 1.807) is 41.5 Å². The first-order valence-corrected chi connectivity index (χ1v) is 11.5. The van der Waals surface area contributed by atoms with Crippen LogP contribution in [-0.4, -0.2) is 46.9 Å². The third-order valence-corrected chi connectivity index (χ3v) is 4.34. The summed E-state index contributed by atoms with van der Waals surface area (Å²) in [7, 11) is 0. The van der Waals surface area contributed by atoms with Crippen molar-refractivity contribution in [1.29, 1.82) is 0 Å². The van der Waals surface area contributed by atoms with Gasteiger partial charge in [-0.2, -0.15) is 13.8 Å². The Morgan fingerprint density at radius 1 is 0.846 bits per heavy atom. The van der Waals surface area contributed by atoms with Crippen LogP contribution in [0.3, 0.4) is 0 Å². The zero-order valence-electron chi connectivity index (χ0n) is 22.1. The van der Waals surface area contributed by atoms with Gasteiger partial charge in [0.2, 0.25) is 5.91 Å². The monoisotopic (exact) mass is 552 g/mol. The highest BCUT2D eigenvalue weighted by Gasteiger charge is 2.26. The number of rotatable bonds is 5. The van der Waals surface area contributed by atoms with Gasteiger partial charge in [0.05, 0.1) is 6.54 Å². The predicted molar refractivity (Wildman–Crippen MR) is 133 cm³/mol. The molecule has 0 spiro atoms. The molecule has 13 heteroatoms. The van der Waals surface area contributed by atoms with Crippen molar-refractivity contribution in [3.63, 3.8) is 0 Å². The second kappa shape index (κ2) is 12.5. The second-order valence-electron chi connectivity index (χ2n) is 10.1. The number of halogens is 4. The topological polar surface area (TPSA) is 119 Å². The average Bonchev–Trinajstić information content (AvgIpc) is 2.79. The van der Waals surface area contributed by atoms with Crippen LogP contribution >= 0.6 is 0 Å². The largest absolute Gasteiger partial charge is 0.444 e. The van der Waals surface area contributed by atoms with E-state index >= 15 is 0 Å². The van der Waals surface area contributed by atoms with Crippen molar-refractivity contribution in [1.82, 2.24) is 15.6 Å². The van der Waals surface area contributed by atoms with Crippen LogP contribution in [-0.2, 0) is 14.3 Å². The van der Waals surface area contributed by atoms with E-state index in [9.17, 15) is 31.9 Å². The van der Waals surface area contributed by atoms with Crippen molar-refractivity contribution < 1.29 is 41.4 Å². The fourth-order valence-corrected chi connectivity index (χ4v) is 2.76. The first kappa shape index (κ1) is 30.9. The van der Waals surface area contributed by atoms with Gasteiger partial charge in [0.25, 0.3) is 11.9 Å². The van der Waals surface area contributed by atoms with Gasteiger partial charge < -0.3 is 25.4 Å². The van der Waals surface area contributed by atoms with Crippen LogP contribution < -0.4 is 16.0 Å². The summed E-state index contributed by atoms with van der Waals surface area (Å²) in [6, 6.07) is 4.22. The summed E-state index contributed by atoms with van der Waals surface area (Å²) in [5.41, 5.74) is -2.33. The molecule has 1 unspecified atom stereocenters. The van der Waals surface area contributed by atoms with Gasteiger partial charge in [0, 0.05) is 11.3 Å². The van der Waals surface area contributed by atoms with E-state index in [1.165, 1.54) is 24.3 Å². The van der Waals surface area contributed by atoms with Crippen molar-refractivity contribution in [3.8, 4) is 11.8 Å². The Labute approximate surface area is 222 Å². The molecule has 0 saturated carbocycles. The lowest BCUT2D eigenvalue weighted by molar-refractivity contribution is -0.118. The van der Waals surface area contributed by atoms with Crippen molar-refractivity contribution in [3.05, 3.63) is 58.9 Å². The number of carbonyl (C=O) groups is 3. The van der Waals surface area contributed by atoms with Crippen LogP contribution in [0, 0.1) is 35.4 Å². The third kappa shape index (κ3) is 10.1. The first-order valence-electron chi connectivity index (χ1n) is 11.5. The Morgan fingerprint density at radius 2 is 1.36 bits per heavy atom. The standard InChI is InChI=1S/C26H28F4N4O5/c1-25(2,3)38-23(36)31-13-17(33-24(37)39-26(4,5)6)22(35)32-15-10-7-14(8-11-15)9-12-16-18(27)20(29)34-21(30)19(16)28/h7-8,10-11,17H,13H2,1-6H3,(H,31,36)(H,32,35)(H,33,37).